The highest BCUT2D eigenvalue weighted by molar-refractivity contribution is 6.25. The predicted molar refractivity (Wildman–Crippen MR) is 80.4 cm³/mol. The van der Waals surface area contributed by atoms with Gasteiger partial charge in [-0.15, -0.1) is 0 Å². The summed E-state index contributed by atoms with van der Waals surface area (Å²) in [6, 6.07) is 0. The third-order valence-corrected chi connectivity index (χ3v) is 1.18. The first-order valence-electron chi connectivity index (χ1n) is 5.90. The minimum atomic E-state index is -0.537. The summed E-state index contributed by atoms with van der Waals surface area (Å²) in [4.78, 5) is 31.0. The molecule has 0 aliphatic heterocycles. The highest BCUT2D eigenvalue weighted by atomic mass is 35.5. The fourth-order valence-electron chi connectivity index (χ4n) is 0.634. The van der Waals surface area contributed by atoms with Gasteiger partial charge in [0, 0.05) is 19.1 Å². The van der Waals surface area contributed by atoms with Crippen molar-refractivity contribution in [1.82, 2.24) is 0 Å². The Balaban J connectivity index is -0.000000300. The van der Waals surface area contributed by atoms with Crippen LogP contribution in [0.2, 0.25) is 0 Å². The zero-order chi connectivity index (χ0) is 17.1. The van der Waals surface area contributed by atoms with Crippen LogP contribution in [0.4, 0.5) is 0 Å². The number of carbonyl (C=O) groups excluding carboxylic acids is 3. The van der Waals surface area contributed by atoms with Gasteiger partial charge < -0.3 is 14.2 Å². The van der Waals surface area contributed by atoms with Crippen LogP contribution in [-0.2, 0) is 28.6 Å². The van der Waals surface area contributed by atoms with Crippen molar-refractivity contribution >= 4 is 29.5 Å². The van der Waals surface area contributed by atoms with Crippen molar-refractivity contribution in [2.45, 2.75) is 20.8 Å². The number of carbonyl (C=O) groups is 3. The zero-order valence-electron chi connectivity index (χ0n) is 12.5. The first-order chi connectivity index (χ1) is 9.89. The molecule has 7 heteroatoms. The molecule has 0 fully saturated rings. The lowest BCUT2D eigenvalue weighted by Crippen LogP contribution is -2.03. The van der Waals surface area contributed by atoms with Crippen LogP contribution in [-0.4, -0.2) is 31.1 Å². The molecular formula is C14H21ClO6. The summed E-state index contributed by atoms with van der Waals surface area (Å²) in [6.45, 7) is 11.6. The van der Waals surface area contributed by atoms with E-state index in [1.807, 2.05) is 0 Å². The number of hydrogen-bond donors (Lipinski definition) is 0. The SMILES string of the molecule is C=CCl.C=COC(C)=O.CCOC(=O)C=CC(=O)OCC. The van der Waals surface area contributed by atoms with Crippen molar-refractivity contribution in [2.75, 3.05) is 13.2 Å². The molecule has 0 aromatic carbocycles. The lowest BCUT2D eigenvalue weighted by molar-refractivity contribution is -0.140. The monoisotopic (exact) mass is 320 g/mol. The van der Waals surface area contributed by atoms with Gasteiger partial charge in [0.05, 0.1) is 19.5 Å². The van der Waals surface area contributed by atoms with Gasteiger partial charge in [-0.05, 0) is 19.4 Å². The molecule has 0 aromatic heterocycles. The molecule has 0 aliphatic carbocycles. The summed E-state index contributed by atoms with van der Waals surface area (Å²) in [7, 11) is 0. The van der Waals surface area contributed by atoms with Gasteiger partial charge in [-0.2, -0.15) is 0 Å². The smallest absolute Gasteiger partial charge is 0.330 e. The number of hydrogen-bond acceptors (Lipinski definition) is 6. The maximum absolute atomic E-state index is 10.6. The van der Waals surface area contributed by atoms with Gasteiger partial charge in [-0.3, -0.25) is 4.79 Å². The molecular weight excluding hydrogens is 300 g/mol. The van der Waals surface area contributed by atoms with E-state index in [-0.39, 0.29) is 5.97 Å². The predicted octanol–water partition coefficient (Wildman–Crippen LogP) is 2.73. The fourth-order valence-corrected chi connectivity index (χ4v) is 0.634. The Bertz CT molecular complexity index is 329. The van der Waals surface area contributed by atoms with Crippen LogP contribution in [0.3, 0.4) is 0 Å². The van der Waals surface area contributed by atoms with E-state index in [2.05, 4.69) is 27.4 Å². The molecule has 0 aliphatic rings. The summed E-state index contributed by atoms with van der Waals surface area (Å²) in [5, 5.41) is 0. The Morgan fingerprint density at radius 3 is 1.48 bits per heavy atom. The molecule has 0 radical (unpaired) electrons. The average Bonchev–Trinajstić information content (AvgIpc) is 2.38. The molecule has 0 amide bonds. The Morgan fingerprint density at radius 2 is 1.33 bits per heavy atom. The van der Waals surface area contributed by atoms with Crippen molar-refractivity contribution in [3.05, 3.63) is 37.1 Å². The second-order valence-corrected chi connectivity index (χ2v) is 3.08. The largest absolute Gasteiger partial charge is 0.463 e. The molecule has 6 nitrogen and oxygen atoms in total. The van der Waals surface area contributed by atoms with Crippen LogP contribution < -0.4 is 0 Å². The van der Waals surface area contributed by atoms with Crippen LogP contribution in [0, 0.1) is 0 Å². The van der Waals surface area contributed by atoms with Gasteiger partial charge in [0.2, 0.25) is 0 Å². The first-order valence-corrected chi connectivity index (χ1v) is 6.33. The Labute approximate surface area is 130 Å². The number of halogens is 1. The van der Waals surface area contributed by atoms with Gasteiger partial charge in [0.1, 0.15) is 0 Å². The summed E-state index contributed by atoms with van der Waals surface area (Å²) >= 11 is 4.76. The van der Waals surface area contributed by atoms with E-state index in [1.165, 1.54) is 12.5 Å². The Kier molecular flexibility index (Phi) is 23.1. The molecule has 0 heterocycles. The normalized spacial score (nSPS) is 8.19. The molecule has 0 bridgehead atoms. The van der Waals surface area contributed by atoms with Crippen molar-refractivity contribution in [3.63, 3.8) is 0 Å². The van der Waals surface area contributed by atoms with E-state index in [4.69, 9.17) is 11.6 Å². The molecule has 0 saturated heterocycles. The fraction of sp³-hybridized carbons (Fsp3) is 0.357. The summed E-state index contributed by atoms with van der Waals surface area (Å²) < 4.78 is 13.2. The van der Waals surface area contributed by atoms with E-state index in [0.717, 1.165) is 18.4 Å². The molecule has 0 aromatic rings. The molecule has 0 spiro atoms. The standard InChI is InChI=1S/C8H12O4.C4H6O2.C2H3Cl/c1-3-11-7(9)5-6-8(10)12-4-2;1-3-6-4(2)5;1-2-3/h5-6H,3-4H2,1-2H3;3H,1H2,2H3;2H,1H2. The minimum absolute atomic E-state index is 0.298. The van der Waals surface area contributed by atoms with E-state index in [1.54, 1.807) is 13.8 Å². The van der Waals surface area contributed by atoms with Crippen LogP contribution in [0.5, 0.6) is 0 Å². The van der Waals surface area contributed by atoms with Gasteiger partial charge in [0.15, 0.2) is 0 Å². The van der Waals surface area contributed by atoms with Crippen LogP contribution in [0.25, 0.3) is 0 Å². The number of ether oxygens (including phenoxy) is 3. The highest BCUT2D eigenvalue weighted by Gasteiger charge is 1.97. The topological polar surface area (TPSA) is 78.9 Å². The Hall–Kier alpha value is -2.08. The maximum atomic E-state index is 10.6. The first kappa shape index (κ1) is 24.0. The molecule has 120 valence electrons. The van der Waals surface area contributed by atoms with Crippen molar-refractivity contribution in [2.24, 2.45) is 0 Å². The van der Waals surface area contributed by atoms with Crippen LogP contribution in [0.15, 0.2) is 37.1 Å². The van der Waals surface area contributed by atoms with E-state index < -0.39 is 11.9 Å². The van der Waals surface area contributed by atoms with Gasteiger partial charge in [-0.1, -0.05) is 24.8 Å². The Morgan fingerprint density at radius 1 is 1.00 bits per heavy atom. The third-order valence-electron chi connectivity index (χ3n) is 1.18. The van der Waals surface area contributed by atoms with Gasteiger partial charge >= 0.3 is 17.9 Å². The van der Waals surface area contributed by atoms with Crippen molar-refractivity contribution < 1.29 is 28.6 Å². The van der Waals surface area contributed by atoms with Crippen LogP contribution in [0.1, 0.15) is 20.8 Å². The molecule has 0 saturated carbocycles. The average molecular weight is 321 g/mol. The minimum Gasteiger partial charge on any atom is -0.463 e. The van der Waals surface area contributed by atoms with Gasteiger partial charge in [0.25, 0.3) is 0 Å². The molecule has 0 N–H and O–H groups in total. The zero-order valence-corrected chi connectivity index (χ0v) is 13.2. The maximum Gasteiger partial charge on any atom is 0.330 e. The van der Waals surface area contributed by atoms with Crippen molar-refractivity contribution in [1.29, 1.82) is 0 Å². The second-order valence-electron chi connectivity index (χ2n) is 2.77. The highest BCUT2D eigenvalue weighted by Crippen LogP contribution is 1.84. The summed E-state index contributed by atoms with van der Waals surface area (Å²) in [5.74, 6) is -1.40. The summed E-state index contributed by atoms with van der Waals surface area (Å²) in [5.41, 5.74) is 1.22. The molecule has 0 unspecified atom stereocenters. The lowest BCUT2D eigenvalue weighted by atomic mass is 10.5. The molecule has 0 atom stereocenters. The molecule has 0 rings (SSSR count). The quantitative estimate of drug-likeness (QED) is 0.335. The number of rotatable bonds is 5. The van der Waals surface area contributed by atoms with Crippen molar-refractivity contribution in [3.8, 4) is 0 Å². The third kappa shape index (κ3) is 32.0. The van der Waals surface area contributed by atoms with Crippen LogP contribution >= 0.6 is 11.6 Å². The van der Waals surface area contributed by atoms with Gasteiger partial charge in [-0.25, -0.2) is 9.59 Å². The molecule has 21 heavy (non-hydrogen) atoms. The van der Waals surface area contributed by atoms with E-state index in [0.29, 0.717) is 13.2 Å². The second kappa shape index (κ2) is 20.2. The lowest BCUT2D eigenvalue weighted by Gasteiger charge is -1.95. The number of esters is 3. The summed E-state index contributed by atoms with van der Waals surface area (Å²) in [6.07, 6.45) is 3.19. The van der Waals surface area contributed by atoms with E-state index in [9.17, 15) is 14.4 Å². The van der Waals surface area contributed by atoms with E-state index >= 15 is 0 Å².